The maximum Gasteiger partial charge on any atom is 0.267 e. The molecule has 0 radical (unpaired) electrons. The van der Waals surface area contributed by atoms with Gasteiger partial charge in [0.2, 0.25) is 0 Å². The number of thiophene rings is 1. The van der Waals surface area contributed by atoms with Crippen LogP contribution in [0.15, 0.2) is 28.5 Å². The standard InChI is InChI=1S/C19H14ClFN4O2S3/c1-9-7-14(24-16(26)12-4-3-11(21)8-13(12)20)29-15(9)17(27)25-19-23-10(2)18(30-19)28-6-5-22/h3-4,7-8H,6H2,1-2H3,(H,24,26)(H,23,25,27). The van der Waals surface area contributed by atoms with Crippen LogP contribution in [-0.2, 0) is 0 Å². The fourth-order valence-corrected chi connectivity index (χ4v) is 5.45. The van der Waals surface area contributed by atoms with Crippen LogP contribution in [0.2, 0.25) is 5.02 Å². The van der Waals surface area contributed by atoms with E-state index in [0.717, 1.165) is 33.4 Å². The van der Waals surface area contributed by atoms with Crippen molar-refractivity contribution in [3.63, 3.8) is 0 Å². The van der Waals surface area contributed by atoms with E-state index in [0.29, 0.717) is 26.3 Å². The molecule has 0 aliphatic heterocycles. The van der Waals surface area contributed by atoms with Crippen LogP contribution in [-0.4, -0.2) is 22.6 Å². The topological polar surface area (TPSA) is 94.9 Å². The maximum atomic E-state index is 13.2. The molecule has 2 amide bonds. The number of hydrogen-bond acceptors (Lipinski definition) is 7. The van der Waals surface area contributed by atoms with Crippen molar-refractivity contribution in [2.45, 2.75) is 18.1 Å². The van der Waals surface area contributed by atoms with Gasteiger partial charge in [-0.1, -0.05) is 34.7 Å². The van der Waals surface area contributed by atoms with Gasteiger partial charge in [-0.3, -0.25) is 14.9 Å². The number of nitrogens with zero attached hydrogens (tertiary/aromatic N) is 2. The van der Waals surface area contributed by atoms with Crippen LogP contribution < -0.4 is 10.6 Å². The van der Waals surface area contributed by atoms with E-state index in [9.17, 15) is 14.0 Å². The highest BCUT2D eigenvalue weighted by Crippen LogP contribution is 2.33. The van der Waals surface area contributed by atoms with Crippen molar-refractivity contribution in [1.29, 1.82) is 5.26 Å². The molecular formula is C19H14ClFN4O2S3. The van der Waals surface area contributed by atoms with Crippen LogP contribution in [0.5, 0.6) is 0 Å². The number of thiazole rings is 1. The molecule has 2 aromatic heterocycles. The second-order valence-electron chi connectivity index (χ2n) is 5.99. The second-order valence-corrected chi connectivity index (χ2v) is 9.70. The molecule has 1 aromatic carbocycles. The number of rotatable bonds is 6. The van der Waals surface area contributed by atoms with Crippen molar-refractivity contribution in [2.24, 2.45) is 0 Å². The number of nitriles is 1. The highest BCUT2D eigenvalue weighted by atomic mass is 35.5. The zero-order chi connectivity index (χ0) is 21.8. The number of carbonyl (C=O) groups is 2. The third-order valence-corrected chi connectivity index (χ3v) is 7.54. The molecule has 3 rings (SSSR count). The summed E-state index contributed by atoms with van der Waals surface area (Å²) in [5, 5.41) is 15.0. The largest absolute Gasteiger partial charge is 0.313 e. The Labute approximate surface area is 189 Å². The summed E-state index contributed by atoms with van der Waals surface area (Å²) in [7, 11) is 0. The molecule has 0 saturated heterocycles. The van der Waals surface area contributed by atoms with Gasteiger partial charge in [-0.2, -0.15) is 5.26 Å². The van der Waals surface area contributed by atoms with Crippen molar-refractivity contribution < 1.29 is 14.0 Å². The van der Waals surface area contributed by atoms with E-state index >= 15 is 0 Å². The van der Waals surface area contributed by atoms with Gasteiger partial charge in [0.25, 0.3) is 11.8 Å². The number of anilines is 2. The Balaban J connectivity index is 1.72. The third kappa shape index (κ3) is 5.17. The monoisotopic (exact) mass is 480 g/mol. The summed E-state index contributed by atoms with van der Waals surface area (Å²) < 4.78 is 14.0. The number of hydrogen-bond donors (Lipinski definition) is 2. The van der Waals surface area contributed by atoms with E-state index < -0.39 is 11.7 Å². The molecule has 2 heterocycles. The first-order chi connectivity index (χ1) is 14.3. The minimum absolute atomic E-state index is 0.00274. The minimum Gasteiger partial charge on any atom is -0.313 e. The lowest BCUT2D eigenvalue weighted by Crippen LogP contribution is -2.12. The Kier molecular flexibility index (Phi) is 7.10. The van der Waals surface area contributed by atoms with Crippen molar-refractivity contribution in [1.82, 2.24) is 4.98 Å². The molecule has 2 N–H and O–H groups in total. The summed E-state index contributed by atoms with van der Waals surface area (Å²) in [6.07, 6.45) is 0. The summed E-state index contributed by atoms with van der Waals surface area (Å²) in [6, 6.07) is 7.25. The summed E-state index contributed by atoms with van der Waals surface area (Å²) in [4.78, 5) is 29.8. The second kappa shape index (κ2) is 9.57. The van der Waals surface area contributed by atoms with Crippen LogP contribution in [0.1, 0.15) is 31.3 Å². The lowest BCUT2D eigenvalue weighted by Gasteiger charge is -2.04. The average molecular weight is 481 g/mol. The number of aromatic nitrogens is 1. The van der Waals surface area contributed by atoms with Crippen LogP contribution in [0.25, 0.3) is 0 Å². The third-order valence-electron chi connectivity index (χ3n) is 3.78. The Hall–Kier alpha value is -2.45. The summed E-state index contributed by atoms with van der Waals surface area (Å²) in [6.45, 7) is 3.57. The molecular weight excluding hydrogens is 467 g/mol. The van der Waals surface area contributed by atoms with Crippen molar-refractivity contribution in [2.75, 3.05) is 16.4 Å². The zero-order valence-electron chi connectivity index (χ0n) is 15.7. The predicted octanol–water partition coefficient (Wildman–Crippen LogP) is 5.73. The Morgan fingerprint density at radius 1 is 1.23 bits per heavy atom. The van der Waals surface area contributed by atoms with Gasteiger partial charge < -0.3 is 5.32 Å². The van der Waals surface area contributed by atoms with Crippen LogP contribution in [0, 0.1) is 31.0 Å². The highest BCUT2D eigenvalue weighted by Gasteiger charge is 2.19. The Morgan fingerprint density at radius 3 is 2.70 bits per heavy atom. The van der Waals surface area contributed by atoms with E-state index in [2.05, 4.69) is 21.7 Å². The van der Waals surface area contributed by atoms with Crippen LogP contribution in [0.4, 0.5) is 14.5 Å². The van der Waals surface area contributed by atoms with E-state index in [4.69, 9.17) is 16.9 Å². The fourth-order valence-electron chi connectivity index (χ4n) is 2.44. The first-order valence-corrected chi connectivity index (χ1v) is 11.4. The summed E-state index contributed by atoms with van der Waals surface area (Å²) in [5.74, 6) is -1.07. The maximum absolute atomic E-state index is 13.2. The molecule has 0 fully saturated rings. The van der Waals surface area contributed by atoms with Gasteiger partial charge in [0.15, 0.2) is 5.13 Å². The number of amides is 2. The van der Waals surface area contributed by atoms with E-state index in [-0.39, 0.29) is 16.5 Å². The number of aryl methyl sites for hydroxylation is 2. The van der Waals surface area contributed by atoms with E-state index in [1.807, 2.05) is 6.92 Å². The van der Waals surface area contributed by atoms with Gasteiger partial charge in [-0.15, -0.1) is 11.3 Å². The molecule has 0 spiro atoms. The van der Waals surface area contributed by atoms with Crippen LogP contribution in [0.3, 0.4) is 0 Å². The Morgan fingerprint density at radius 2 is 2.00 bits per heavy atom. The van der Waals surface area contributed by atoms with Gasteiger partial charge in [0.1, 0.15) is 5.82 Å². The normalized spacial score (nSPS) is 10.5. The number of carbonyl (C=O) groups excluding carboxylic acids is 2. The molecule has 11 heteroatoms. The molecule has 0 aliphatic rings. The zero-order valence-corrected chi connectivity index (χ0v) is 18.9. The molecule has 154 valence electrons. The quantitative estimate of drug-likeness (QED) is 0.439. The SMILES string of the molecule is Cc1cc(NC(=O)c2ccc(F)cc2Cl)sc1C(=O)Nc1nc(C)c(SCC#N)s1. The number of nitrogens with one attached hydrogen (secondary N) is 2. The average Bonchev–Trinajstić information content (AvgIpc) is 3.21. The smallest absolute Gasteiger partial charge is 0.267 e. The predicted molar refractivity (Wildman–Crippen MR) is 120 cm³/mol. The number of thioether (sulfide) groups is 1. The summed E-state index contributed by atoms with van der Waals surface area (Å²) >= 11 is 9.71. The lowest BCUT2D eigenvalue weighted by atomic mass is 10.2. The van der Waals surface area contributed by atoms with Gasteiger partial charge in [0.05, 0.1) is 42.2 Å². The first-order valence-electron chi connectivity index (χ1n) is 8.44. The van der Waals surface area contributed by atoms with Gasteiger partial charge in [-0.25, -0.2) is 9.37 Å². The minimum atomic E-state index is -0.533. The molecule has 6 nitrogen and oxygen atoms in total. The number of benzene rings is 1. The Bertz CT molecular complexity index is 1170. The molecule has 0 saturated carbocycles. The van der Waals surface area contributed by atoms with Gasteiger partial charge in [0, 0.05) is 0 Å². The van der Waals surface area contributed by atoms with Crippen LogP contribution >= 0.6 is 46.0 Å². The number of halogens is 2. The van der Waals surface area contributed by atoms with E-state index in [1.54, 1.807) is 13.0 Å². The first kappa shape index (κ1) is 22.2. The lowest BCUT2D eigenvalue weighted by molar-refractivity contribution is 0.102. The fraction of sp³-hybridized carbons (Fsp3) is 0.158. The van der Waals surface area contributed by atoms with Gasteiger partial charge >= 0.3 is 0 Å². The molecule has 0 bridgehead atoms. The van der Waals surface area contributed by atoms with E-state index in [1.165, 1.54) is 29.2 Å². The summed E-state index contributed by atoms with van der Waals surface area (Å²) in [5.41, 5.74) is 1.57. The molecule has 30 heavy (non-hydrogen) atoms. The molecule has 3 aromatic rings. The van der Waals surface area contributed by atoms with Crippen molar-refractivity contribution in [3.05, 3.63) is 56.8 Å². The highest BCUT2D eigenvalue weighted by molar-refractivity contribution is 8.01. The van der Waals surface area contributed by atoms with Crippen molar-refractivity contribution >= 4 is 68.0 Å². The van der Waals surface area contributed by atoms with Crippen molar-refractivity contribution in [3.8, 4) is 6.07 Å². The molecule has 0 unspecified atom stereocenters. The molecule has 0 atom stereocenters. The molecule has 0 aliphatic carbocycles. The van der Waals surface area contributed by atoms with Gasteiger partial charge in [-0.05, 0) is 43.7 Å².